The number of hydrogen-bond acceptors (Lipinski definition) is 6. The van der Waals surface area contributed by atoms with Crippen molar-refractivity contribution in [1.29, 1.82) is 0 Å². The van der Waals surface area contributed by atoms with Gasteiger partial charge in [-0.2, -0.15) is 0 Å². The van der Waals surface area contributed by atoms with Crippen LogP contribution in [0.2, 0.25) is 6.04 Å². The van der Waals surface area contributed by atoms with Crippen molar-refractivity contribution < 1.29 is 27.5 Å². The number of esters is 1. The van der Waals surface area contributed by atoms with E-state index in [-0.39, 0.29) is 12.6 Å². The maximum Gasteiger partial charge on any atom is 0.500 e. The van der Waals surface area contributed by atoms with E-state index in [1.807, 2.05) is 0 Å². The second-order valence-corrected chi connectivity index (χ2v) is 6.45. The Balaban J connectivity index is 3.77. The standard InChI is InChI=1S/C10H22O6Si/c1-12-7-8-16-10(11)6-5-9-17(13-2,14-3)15-4/h5-9H2,1-4H3. The van der Waals surface area contributed by atoms with Gasteiger partial charge in [0.15, 0.2) is 0 Å². The van der Waals surface area contributed by atoms with Crippen LogP contribution >= 0.6 is 0 Å². The normalized spacial score (nSPS) is 11.5. The van der Waals surface area contributed by atoms with E-state index in [2.05, 4.69) is 0 Å². The highest BCUT2D eigenvalue weighted by Gasteiger charge is 2.37. The van der Waals surface area contributed by atoms with Gasteiger partial charge in [-0.1, -0.05) is 0 Å². The van der Waals surface area contributed by atoms with Crippen LogP contribution in [0, 0.1) is 0 Å². The van der Waals surface area contributed by atoms with Crippen molar-refractivity contribution in [3.63, 3.8) is 0 Å². The lowest BCUT2D eigenvalue weighted by Gasteiger charge is -2.23. The van der Waals surface area contributed by atoms with Crippen molar-refractivity contribution in [1.82, 2.24) is 0 Å². The first-order valence-corrected chi connectivity index (χ1v) is 7.37. The minimum atomic E-state index is -2.55. The third kappa shape index (κ3) is 6.74. The van der Waals surface area contributed by atoms with E-state index in [1.165, 1.54) is 0 Å². The van der Waals surface area contributed by atoms with Crippen molar-refractivity contribution in [2.45, 2.75) is 18.9 Å². The fraction of sp³-hybridized carbons (Fsp3) is 0.900. The maximum atomic E-state index is 11.3. The topological polar surface area (TPSA) is 63.2 Å². The molecule has 0 saturated heterocycles. The van der Waals surface area contributed by atoms with E-state index in [0.29, 0.717) is 25.5 Å². The number of rotatable bonds is 10. The monoisotopic (exact) mass is 266 g/mol. The summed E-state index contributed by atoms with van der Waals surface area (Å²) in [5.74, 6) is -0.242. The number of carbonyl (C=O) groups is 1. The minimum Gasteiger partial charge on any atom is -0.463 e. The summed E-state index contributed by atoms with van der Waals surface area (Å²) in [5.41, 5.74) is 0. The van der Waals surface area contributed by atoms with Crippen LogP contribution in [-0.2, 0) is 27.5 Å². The Morgan fingerprint density at radius 1 is 1.00 bits per heavy atom. The van der Waals surface area contributed by atoms with Crippen LogP contribution in [0.3, 0.4) is 0 Å². The molecule has 0 aliphatic carbocycles. The molecule has 0 N–H and O–H groups in total. The van der Waals surface area contributed by atoms with Crippen molar-refractivity contribution in [2.24, 2.45) is 0 Å². The van der Waals surface area contributed by atoms with Gasteiger partial charge in [0.25, 0.3) is 0 Å². The molecular weight excluding hydrogens is 244 g/mol. The zero-order valence-electron chi connectivity index (χ0n) is 11.0. The highest BCUT2D eigenvalue weighted by Crippen LogP contribution is 2.16. The van der Waals surface area contributed by atoms with Gasteiger partial charge < -0.3 is 22.8 Å². The van der Waals surface area contributed by atoms with E-state index in [1.54, 1.807) is 28.4 Å². The van der Waals surface area contributed by atoms with E-state index in [0.717, 1.165) is 0 Å². The first kappa shape index (κ1) is 16.5. The minimum absolute atomic E-state index is 0.242. The Bertz CT molecular complexity index is 199. The maximum absolute atomic E-state index is 11.3. The summed E-state index contributed by atoms with van der Waals surface area (Å²) in [5, 5.41) is 0. The lowest BCUT2D eigenvalue weighted by Crippen LogP contribution is -2.42. The summed E-state index contributed by atoms with van der Waals surface area (Å²) < 4.78 is 25.4. The van der Waals surface area contributed by atoms with Gasteiger partial charge >= 0.3 is 14.8 Å². The molecule has 0 rings (SSSR count). The quantitative estimate of drug-likeness (QED) is 0.332. The molecule has 0 radical (unpaired) electrons. The van der Waals surface area contributed by atoms with Crippen molar-refractivity contribution in [3.8, 4) is 0 Å². The lowest BCUT2D eigenvalue weighted by atomic mass is 10.3. The van der Waals surface area contributed by atoms with Gasteiger partial charge in [0.1, 0.15) is 6.61 Å². The fourth-order valence-corrected chi connectivity index (χ4v) is 3.04. The summed E-state index contributed by atoms with van der Waals surface area (Å²) in [4.78, 5) is 11.3. The molecule has 7 heteroatoms. The van der Waals surface area contributed by atoms with Crippen LogP contribution < -0.4 is 0 Å². The smallest absolute Gasteiger partial charge is 0.463 e. The van der Waals surface area contributed by atoms with Crippen LogP contribution in [0.25, 0.3) is 0 Å². The van der Waals surface area contributed by atoms with Gasteiger partial charge in [-0.15, -0.1) is 0 Å². The predicted molar refractivity (Wildman–Crippen MR) is 63.7 cm³/mol. The van der Waals surface area contributed by atoms with Crippen LogP contribution in [0.15, 0.2) is 0 Å². The molecular formula is C10H22O6Si. The van der Waals surface area contributed by atoms with E-state index in [4.69, 9.17) is 22.8 Å². The first-order valence-electron chi connectivity index (χ1n) is 5.44. The highest BCUT2D eigenvalue weighted by molar-refractivity contribution is 6.60. The molecule has 0 aliphatic heterocycles. The molecule has 0 saturated carbocycles. The second-order valence-electron chi connectivity index (χ2n) is 3.36. The number of methoxy groups -OCH3 is 1. The Morgan fingerprint density at radius 3 is 2.06 bits per heavy atom. The SMILES string of the molecule is COCCOC(=O)CCC[Si](OC)(OC)OC. The fourth-order valence-electron chi connectivity index (χ4n) is 1.32. The summed E-state index contributed by atoms with van der Waals surface area (Å²) in [6.45, 7) is 0.704. The molecule has 17 heavy (non-hydrogen) atoms. The molecule has 102 valence electrons. The molecule has 0 unspecified atom stereocenters. The Morgan fingerprint density at radius 2 is 1.59 bits per heavy atom. The second kappa shape index (κ2) is 9.55. The molecule has 0 bridgehead atoms. The van der Waals surface area contributed by atoms with Crippen LogP contribution in [0.1, 0.15) is 12.8 Å². The van der Waals surface area contributed by atoms with Gasteiger partial charge in [0.05, 0.1) is 6.61 Å². The zero-order chi connectivity index (χ0) is 13.1. The van der Waals surface area contributed by atoms with Gasteiger partial charge in [-0.3, -0.25) is 4.79 Å². The van der Waals surface area contributed by atoms with E-state index >= 15 is 0 Å². The van der Waals surface area contributed by atoms with E-state index < -0.39 is 8.80 Å². The van der Waals surface area contributed by atoms with Gasteiger partial charge in [-0.05, 0) is 6.42 Å². The van der Waals surface area contributed by atoms with Crippen molar-refractivity contribution >= 4 is 14.8 Å². The van der Waals surface area contributed by atoms with Crippen LogP contribution in [0.4, 0.5) is 0 Å². The third-order valence-corrected chi connectivity index (χ3v) is 5.18. The van der Waals surface area contributed by atoms with Crippen molar-refractivity contribution in [2.75, 3.05) is 41.7 Å². The van der Waals surface area contributed by atoms with Gasteiger partial charge in [-0.25, -0.2) is 0 Å². The number of carbonyl (C=O) groups excluding carboxylic acids is 1. The Hall–Kier alpha value is -0.473. The average molecular weight is 266 g/mol. The first-order chi connectivity index (χ1) is 8.14. The Labute approximate surface area is 104 Å². The molecule has 0 aromatic rings. The molecule has 0 aromatic carbocycles. The Kier molecular flexibility index (Phi) is 9.28. The van der Waals surface area contributed by atoms with E-state index in [9.17, 15) is 4.79 Å². The molecule has 0 fully saturated rings. The molecule has 0 aromatic heterocycles. The molecule has 6 nitrogen and oxygen atoms in total. The molecule has 0 aliphatic rings. The summed E-state index contributed by atoms with van der Waals surface area (Å²) in [6.07, 6.45) is 0.947. The highest BCUT2D eigenvalue weighted by atomic mass is 28.4. The summed E-state index contributed by atoms with van der Waals surface area (Å²) in [6, 6.07) is 0.593. The van der Waals surface area contributed by atoms with Gasteiger partial charge in [0, 0.05) is 40.9 Å². The molecule has 0 heterocycles. The summed E-state index contributed by atoms with van der Waals surface area (Å²) >= 11 is 0. The van der Waals surface area contributed by atoms with Gasteiger partial charge in [0.2, 0.25) is 0 Å². The number of hydrogen-bond donors (Lipinski definition) is 0. The van der Waals surface area contributed by atoms with Crippen LogP contribution in [0.5, 0.6) is 0 Å². The molecule has 0 spiro atoms. The largest absolute Gasteiger partial charge is 0.500 e. The predicted octanol–water partition coefficient (Wildman–Crippen LogP) is 0.834. The molecule has 0 amide bonds. The van der Waals surface area contributed by atoms with Crippen molar-refractivity contribution in [3.05, 3.63) is 0 Å². The zero-order valence-corrected chi connectivity index (χ0v) is 12.0. The third-order valence-electron chi connectivity index (χ3n) is 2.35. The molecule has 0 atom stereocenters. The lowest BCUT2D eigenvalue weighted by molar-refractivity contribution is -0.144. The average Bonchev–Trinajstić information content (AvgIpc) is 2.36. The van der Waals surface area contributed by atoms with Crippen LogP contribution in [-0.4, -0.2) is 56.4 Å². The number of ether oxygens (including phenoxy) is 2. The summed E-state index contributed by atoms with van der Waals surface area (Å²) in [7, 11) is 3.66.